The third-order valence-corrected chi connectivity index (χ3v) is 3.73. The number of hydrogen-bond donors (Lipinski definition) is 1. The zero-order valence-electron chi connectivity index (χ0n) is 13.2. The van der Waals surface area contributed by atoms with E-state index in [2.05, 4.69) is 5.32 Å². The van der Waals surface area contributed by atoms with Crippen LogP contribution in [0.25, 0.3) is 0 Å². The molecule has 1 atom stereocenters. The molecule has 1 unspecified atom stereocenters. The molecule has 0 bridgehead atoms. The summed E-state index contributed by atoms with van der Waals surface area (Å²) in [7, 11) is 0. The summed E-state index contributed by atoms with van der Waals surface area (Å²) in [6, 6.07) is 12.2. The molecule has 0 aliphatic heterocycles. The summed E-state index contributed by atoms with van der Waals surface area (Å²) in [6.45, 7) is 5.34. The predicted octanol–water partition coefficient (Wildman–Crippen LogP) is 3.99. The fourth-order valence-electron chi connectivity index (χ4n) is 2.54. The number of anilines is 1. The highest BCUT2D eigenvalue weighted by molar-refractivity contribution is 5.95. The number of likely N-dealkylation sites (N-methyl/N-ethyl adjacent to an activating group) is 1. The molecule has 5 heteroatoms. The van der Waals surface area contributed by atoms with E-state index in [9.17, 15) is 13.6 Å². The van der Waals surface area contributed by atoms with Crippen molar-refractivity contribution in [3.63, 3.8) is 0 Å². The SMILES string of the molecule is CCN(CC)C(C(=O)Nc1ccc(F)c(F)c1)c1ccccc1. The van der Waals surface area contributed by atoms with Crippen LogP contribution in [-0.4, -0.2) is 23.9 Å². The van der Waals surface area contributed by atoms with Crippen LogP contribution in [0.3, 0.4) is 0 Å². The van der Waals surface area contributed by atoms with Crippen molar-refractivity contribution in [1.29, 1.82) is 0 Å². The highest BCUT2D eigenvalue weighted by Gasteiger charge is 2.25. The zero-order chi connectivity index (χ0) is 16.8. The molecule has 2 rings (SSSR count). The van der Waals surface area contributed by atoms with Crippen molar-refractivity contribution in [3.8, 4) is 0 Å². The molecule has 0 heterocycles. The minimum Gasteiger partial charge on any atom is -0.324 e. The average molecular weight is 318 g/mol. The molecule has 0 saturated carbocycles. The van der Waals surface area contributed by atoms with Gasteiger partial charge in [-0.2, -0.15) is 0 Å². The molecule has 2 aromatic rings. The predicted molar refractivity (Wildman–Crippen MR) is 87.1 cm³/mol. The molecule has 0 saturated heterocycles. The van der Waals surface area contributed by atoms with Crippen LogP contribution in [0.2, 0.25) is 0 Å². The molecule has 1 N–H and O–H groups in total. The summed E-state index contributed by atoms with van der Waals surface area (Å²) in [5.74, 6) is -2.20. The topological polar surface area (TPSA) is 32.3 Å². The number of rotatable bonds is 6. The Labute approximate surface area is 134 Å². The largest absolute Gasteiger partial charge is 0.324 e. The first-order chi connectivity index (χ1) is 11.1. The third kappa shape index (κ3) is 4.13. The Kier molecular flexibility index (Phi) is 5.82. The highest BCUT2D eigenvalue weighted by Crippen LogP contribution is 2.23. The van der Waals surface area contributed by atoms with Crippen molar-refractivity contribution in [2.45, 2.75) is 19.9 Å². The Bertz CT molecular complexity index is 657. The van der Waals surface area contributed by atoms with Gasteiger partial charge in [0.2, 0.25) is 5.91 Å². The number of amides is 1. The zero-order valence-corrected chi connectivity index (χ0v) is 13.2. The second kappa shape index (κ2) is 7.83. The van der Waals surface area contributed by atoms with Crippen molar-refractivity contribution < 1.29 is 13.6 Å². The van der Waals surface area contributed by atoms with E-state index >= 15 is 0 Å². The smallest absolute Gasteiger partial charge is 0.246 e. The number of nitrogens with zero attached hydrogens (tertiary/aromatic N) is 1. The molecule has 0 radical (unpaired) electrons. The summed E-state index contributed by atoms with van der Waals surface area (Å²) in [5, 5.41) is 2.67. The number of hydrogen-bond acceptors (Lipinski definition) is 2. The van der Waals surface area contributed by atoms with Crippen molar-refractivity contribution in [3.05, 3.63) is 65.7 Å². The summed E-state index contributed by atoms with van der Waals surface area (Å²) >= 11 is 0. The Morgan fingerprint density at radius 1 is 1.04 bits per heavy atom. The maximum atomic E-state index is 13.3. The molecule has 0 aromatic heterocycles. The molecule has 0 aliphatic rings. The van der Waals surface area contributed by atoms with Gasteiger partial charge in [-0.3, -0.25) is 9.69 Å². The molecule has 1 amide bonds. The maximum absolute atomic E-state index is 13.3. The van der Waals surface area contributed by atoms with Crippen molar-refractivity contribution in [2.75, 3.05) is 18.4 Å². The molecule has 0 fully saturated rings. The van der Waals surface area contributed by atoms with Crippen LogP contribution < -0.4 is 5.32 Å². The first-order valence-corrected chi connectivity index (χ1v) is 7.61. The van der Waals surface area contributed by atoms with Crippen LogP contribution in [0.1, 0.15) is 25.5 Å². The van der Waals surface area contributed by atoms with Gasteiger partial charge in [-0.1, -0.05) is 44.2 Å². The van der Waals surface area contributed by atoms with Gasteiger partial charge in [0, 0.05) is 11.8 Å². The second-order valence-corrected chi connectivity index (χ2v) is 5.15. The van der Waals surface area contributed by atoms with Gasteiger partial charge in [-0.25, -0.2) is 8.78 Å². The van der Waals surface area contributed by atoms with Crippen LogP contribution in [0, 0.1) is 11.6 Å². The summed E-state index contributed by atoms with van der Waals surface area (Å²) in [4.78, 5) is 14.7. The van der Waals surface area contributed by atoms with E-state index < -0.39 is 17.7 Å². The maximum Gasteiger partial charge on any atom is 0.246 e. The summed E-state index contributed by atoms with van der Waals surface area (Å²) in [5.41, 5.74) is 1.10. The van der Waals surface area contributed by atoms with E-state index in [0.29, 0.717) is 13.1 Å². The molecule has 122 valence electrons. The van der Waals surface area contributed by atoms with E-state index in [1.807, 2.05) is 49.1 Å². The fraction of sp³-hybridized carbons (Fsp3) is 0.278. The monoisotopic (exact) mass is 318 g/mol. The van der Waals surface area contributed by atoms with E-state index in [1.165, 1.54) is 6.07 Å². The van der Waals surface area contributed by atoms with Crippen molar-refractivity contribution >= 4 is 11.6 Å². The Balaban J connectivity index is 2.27. The van der Waals surface area contributed by atoms with Gasteiger partial charge in [0.15, 0.2) is 11.6 Å². The lowest BCUT2D eigenvalue weighted by atomic mass is 10.0. The van der Waals surface area contributed by atoms with Gasteiger partial charge < -0.3 is 5.32 Å². The normalized spacial score (nSPS) is 12.2. The van der Waals surface area contributed by atoms with E-state index in [1.54, 1.807) is 0 Å². The number of carbonyl (C=O) groups excluding carboxylic acids is 1. The van der Waals surface area contributed by atoms with Crippen LogP contribution in [0.4, 0.5) is 14.5 Å². The lowest BCUT2D eigenvalue weighted by molar-refractivity contribution is -0.121. The number of benzene rings is 2. The molecular formula is C18H20F2N2O. The van der Waals surface area contributed by atoms with Gasteiger partial charge in [-0.15, -0.1) is 0 Å². The minimum absolute atomic E-state index is 0.238. The van der Waals surface area contributed by atoms with Gasteiger partial charge >= 0.3 is 0 Å². The van der Waals surface area contributed by atoms with Crippen LogP contribution in [0.15, 0.2) is 48.5 Å². The number of nitrogens with one attached hydrogen (secondary N) is 1. The standard InChI is InChI=1S/C18H20F2N2O/c1-3-22(4-2)17(13-8-6-5-7-9-13)18(23)21-14-10-11-15(19)16(20)12-14/h5-12,17H,3-4H2,1-2H3,(H,21,23). The quantitative estimate of drug-likeness (QED) is 0.873. The fourth-order valence-corrected chi connectivity index (χ4v) is 2.54. The van der Waals surface area contributed by atoms with Gasteiger partial charge in [0.1, 0.15) is 6.04 Å². The molecule has 23 heavy (non-hydrogen) atoms. The van der Waals surface area contributed by atoms with Crippen molar-refractivity contribution in [2.24, 2.45) is 0 Å². The molecule has 0 aliphatic carbocycles. The molecule has 3 nitrogen and oxygen atoms in total. The Hall–Kier alpha value is -2.27. The third-order valence-electron chi connectivity index (χ3n) is 3.73. The van der Waals surface area contributed by atoms with E-state index in [-0.39, 0.29) is 11.6 Å². The lowest BCUT2D eigenvalue weighted by Crippen LogP contribution is -2.37. The van der Waals surface area contributed by atoms with Gasteiger partial charge in [-0.05, 0) is 30.8 Å². The average Bonchev–Trinajstić information content (AvgIpc) is 2.56. The second-order valence-electron chi connectivity index (χ2n) is 5.15. The lowest BCUT2D eigenvalue weighted by Gasteiger charge is -2.29. The van der Waals surface area contributed by atoms with Crippen LogP contribution in [0.5, 0.6) is 0 Å². The Morgan fingerprint density at radius 3 is 2.26 bits per heavy atom. The number of carbonyl (C=O) groups is 1. The van der Waals surface area contributed by atoms with E-state index in [4.69, 9.17) is 0 Å². The molecular weight excluding hydrogens is 298 g/mol. The minimum atomic E-state index is -0.984. The van der Waals surface area contributed by atoms with Crippen LogP contribution in [-0.2, 0) is 4.79 Å². The number of halogens is 2. The van der Waals surface area contributed by atoms with Gasteiger partial charge in [0.25, 0.3) is 0 Å². The first-order valence-electron chi connectivity index (χ1n) is 7.61. The van der Waals surface area contributed by atoms with Crippen LogP contribution >= 0.6 is 0 Å². The molecule has 0 spiro atoms. The van der Waals surface area contributed by atoms with E-state index in [0.717, 1.165) is 17.7 Å². The van der Waals surface area contributed by atoms with Crippen molar-refractivity contribution in [1.82, 2.24) is 4.90 Å². The summed E-state index contributed by atoms with van der Waals surface area (Å²) < 4.78 is 26.3. The van der Waals surface area contributed by atoms with Gasteiger partial charge in [0.05, 0.1) is 0 Å². The summed E-state index contributed by atoms with van der Waals surface area (Å²) in [6.07, 6.45) is 0. The molecule has 2 aromatic carbocycles. The Morgan fingerprint density at radius 2 is 1.70 bits per heavy atom. The highest BCUT2D eigenvalue weighted by atomic mass is 19.2. The first kappa shape index (κ1) is 17.1.